The average Bonchev–Trinajstić information content (AvgIpc) is 2.45. The standard InChI is InChI=1S/C16H16F2N2O/c1-10-4-3-5-15(11(10)2)20-16(21)19-9-12-8-13(17)6-7-14(12)18/h3-8H,9H2,1-2H3,(H2,19,20,21). The van der Waals surface area contributed by atoms with E-state index in [9.17, 15) is 13.6 Å². The number of hydrogen-bond acceptors (Lipinski definition) is 1. The van der Waals surface area contributed by atoms with Crippen molar-refractivity contribution in [2.75, 3.05) is 5.32 Å². The molecule has 2 amide bonds. The highest BCUT2D eigenvalue weighted by Gasteiger charge is 2.08. The molecule has 2 N–H and O–H groups in total. The predicted molar refractivity (Wildman–Crippen MR) is 78.1 cm³/mol. The van der Waals surface area contributed by atoms with E-state index >= 15 is 0 Å². The molecule has 2 rings (SSSR count). The van der Waals surface area contributed by atoms with Crippen molar-refractivity contribution in [3.05, 3.63) is 64.7 Å². The molecule has 2 aromatic rings. The number of aryl methyl sites for hydroxylation is 1. The SMILES string of the molecule is Cc1cccc(NC(=O)NCc2cc(F)ccc2F)c1C. The van der Waals surface area contributed by atoms with E-state index in [2.05, 4.69) is 10.6 Å². The molecule has 0 fully saturated rings. The van der Waals surface area contributed by atoms with E-state index in [0.717, 1.165) is 29.3 Å². The number of carbonyl (C=O) groups excluding carboxylic acids is 1. The molecule has 0 heterocycles. The fourth-order valence-corrected chi connectivity index (χ4v) is 1.91. The Balaban J connectivity index is 1.99. The van der Waals surface area contributed by atoms with Gasteiger partial charge in [-0.05, 0) is 49.2 Å². The van der Waals surface area contributed by atoms with Gasteiger partial charge in [-0.3, -0.25) is 0 Å². The van der Waals surface area contributed by atoms with Crippen LogP contribution in [0.3, 0.4) is 0 Å². The van der Waals surface area contributed by atoms with Crippen LogP contribution in [0.5, 0.6) is 0 Å². The van der Waals surface area contributed by atoms with Crippen LogP contribution in [-0.2, 0) is 6.54 Å². The third-order valence-electron chi connectivity index (χ3n) is 3.30. The summed E-state index contributed by atoms with van der Waals surface area (Å²) in [4.78, 5) is 11.8. The van der Waals surface area contributed by atoms with Gasteiger partial charge in [-0.25, -0.2) is 13.6 Å². The van der Waals surface area contributed by atoms with Crippen LogP contribution in [0.4, 0.5) is 19.3 Å². The third-order valence-corrected chi connectivity index (χ3v) is 3.30. The summed E-state index contributed by atoms with van der Waals surface area (Å²) in [6, 6.07) is 8.24. The van der Waals surface area contributed by atoms with Crippen molar-refractivity contribution in [1.29, 1.82) is 0 Å². The van der Waals surface area contributed by atoms with Crippen LogP contribution in [0.2, 0.25) is 0 Å². The summed E-state index contributed by atoms with van der Waals surface area (Å²) in [5.41, 5.74) is 2.81. The molecule has 0 aliphatic carbocycles. The highest BCUT2D eigenvalue weighted by atomic mass is 19.1. The molecule has 2 aromatic carbocycles. The van der Waals surface area contributed by atoms with Gasteiger partial charge in [0.15, 0.2) is 0 Å². The second-order valence-corrected chi connectivity index (χ2v) is 4.79. The Morgan fingerprint density at radius 1 is 1.14 bits per heavy atom. The van der Waals surface area contributed by atoms with E-state index in [1.54, 1.807) is 6.07 Å². The Morgan fingerprint density at radius 3 is 2.67 bits per heavy atom. The Kier molecular flexibility index (Phi) is 4.52. The maximum atomic E-state index is 13.4. The first-order chi connectivity index (χ1) is 9.97. The van der Waals surface area contributed by atoms with E-state index in [0.29, 0.717) is 5.69 Å². The highest BCUT2D eigenvalue weighted by Crippen LogP contribution is 2.17. The van der Waals surface area contributed by atoms with Gasteiger partial charge in [-0.15, -0.1) is 0 Å². The molecular formula is C16H16F2N2O. The van der Waals surface area contributed by atoms with Crippen LogP contribution >= 0.6 is 0 Å². The van der Waals surface area contributed by atoms with Gasteiger partial charge >= 0.3 is 6.03 Å². The van der Waals surface area contributed by atoms with Gasteiger partial charge in [-0.2, -0.15) is 0 Å². The zero-order valence-electron chi connectivity index (χ0n) is 11.8. The van der Waals surface area contributed by atoms with Gasteiger partial charge in [0.2, 0.25) is 0 Å². The van der Waals surface area contributed by atoms with Crippen molar-refractivity contribution < 1.29 is 13.6 Å². The number of urea groups is 1. The molecule has 0 aliphatic rings. The monoisotopic (exact) mass is 290 g/mol. The molecule has 0 aliphatic heterocycles. The fraction of sp³-hybridized carbons (Fsp3) is 0.188. The quantitative estimate of drug-likeness (QED) is 0.884. The van der Waals surface area contributed by atoms with Crippen LogP contribution < -0.4 is 10.6 Å². The lowest BCUT2D eigenvalue weighted by molar-refractivity contribution is 0.251. The summed E-state index contributed by atoms with van der Waals surface area (Å²) in [6.45, 7) is 3.76. The van der Waals surface area contributed by atoms with E-state index in [1.807, 2.05) is 26.0 Å². The number of anilines is 1. The van der Waals surface area contributed by atoms with Crippen LogP contribution in [0.25, 0.3) is 0 Å². The second-order valence-electron chi connectivity index (χ2n) is 4.79. The van der Waals surface area contributed by atoms with Crippen molar-refractivity contribution in [2.45, 2.75) is 20.4 Å². The van der Waals surface area contributed by atoms with E-state index in [4.69, 9.17) is 0 Å². The molecule has 3 nitrogen and oxygen atoms in total. The van der Waals surface area contributed by atoms with E-state index in [1.165, 1.54) is 0 Å². The van der Waals surface area contributed by atoms with Crippen molar-refractivity contribution >= 4 is 11.7 Å². The van der Waals surface area contributed by atoms with Crippen LogP contribution in [-0.4, -0.2) is 6.03 Å². The topological polar surface area (TPSA) is 41.1 Å². The van der Waals surface area contributed by atoms with Gasteiger partial charge in [0.1, 0.15) is 11.6 Å². The number of nitrogens with one attached hydrogen (secondary N) is 2. The van der Waals surface area contributed by atoms with Crippen LogP contribution in [0.15, 0.2) is 36.4 Å². The number of amides is 2. The zero-order valence-corrected chi connectivity index (χ0v) is 11.8. The number of rotatable bonds is 3. The maximum Gasteiger partial charge on any atom is 0.319 e. The maximum absolute atomic E-state index is 13.4. The molecule has 0 bridgehead atoms. The number of halogens is 2. The van der Waals surface area contributed by atoms with Crippen molar-refractivity contribution in [3.63, 3.8) is 0 Å². The summed E-state index contributed by atoms with van der Waals surface area (Å²) in [5, 5.41) is 5.19. The Bertz CT molecular complexity index is 671. The Hall–Kier alpha value is -2.43. The van der Waals surface area contributed by atoms with Crippen molar-refractivity contribution in [2.24, 2.45) is 0 Å². The van der Waals surface area contributed by atoms with E-state index in [-0.39, 0.29) is 12.1 Å². The molecule has 0 aromatic heterocycles. The van der Waals surface area contributed by atoms with E-state index < -0.39 is 17.7 Å². The smallest absolute Gasteiger partial charge is 0.319 e. The molecule has 110 valence electrons. The first-order valence-corrected chi connectivity index (χ1v) is 6.52. The number of hydrogen-bond donors (Lipinski definition) is 2. The van der Waals surface area contributed by atoms with Crippen molar-refractivity contribution in [1.82, 2.24) is 5.32 Å². The first kappa shape index (κ1) is 15.0. The minimum atomic E-state index is -0.552. The number of carbonyl (C=O) groups is 1. The van der Waals surface area contributed by atoms with Crippen LogP contribution in [0, 0.1) is 25.5 Å². The average molecular weight is 290 g/mol. The minimum absolute atomic E-state index is 0.0830. The number of benzene rings is 2. The zero-order chi connectivity index (χ0) is 15.4. The normalized spacial score (nSPS) is 10.3. The lowest BCUT2D eigenvalue weighted by atomic mass is 10.1. The highest BCUT2D eigenvalue weighted by molar-refractivity contribution is 5.90. The molecule has 21 heavy (non-hydrogen) atoms. The Labute approximate surface area is 122 Å². The predicted octanol–water partition coefficient (Wildman–Crippen LogP) is 3.90. The second kappa shape index (κ2) is 6.35. The molecule has 0 atom stereocenters. The van der Waals surface area contributed by atoms with Gasteiger partial charge in [0, 0.05) is 17.8 Å². The summed E-state index contributed by atoms with van der Waals surface area (Å²) < 4.78 is 26.4. The molecular weight excluding hydrogens is 274 g/mol. The van der Waals surface area contributed by atoms with Crippen LogP contribution in [0.1, 0.15) is 16.7 Å². The molecule has 0 unspecified atom stereocenters. The first-order valence-electron chi connectivity index (χ1n) is 6.52. The third kappa shape index (κ3) is 3.78. The van der Waals surface area contributed by atoms with Crippen molar-refractivity contribution in [3.8, 4) is 0 Å². The fourth-order valence-electron chi connectivity index (χ4n) is 1.91. The Morgan fingerprint density at radius 2 is 1.90 bits per heavy atom. The minimum Gasteiger partial charge on any atom is -0.334 e. The summed E-state index contributed by atoms with van der Waals surface area (Å²) >= 11 is 0. The molecule has 5 heteroatoms. The van der Waals surface area contributed by atoms with Gasteiger partial charge in [-0.1, -0.05) is 12.1 Å². The largest absolute Gasteiger partial charge is 0.334 e. The molecule has 0 saturated carbocycles. The lowest BCUT2D eigenvalue weighted by Crippen LogP contribution is -2.29. The van der Waals surface area contributed by atoms with Gasteiger partial charge < -0.3 is 10.6 Å². The molecule has 0 saturated heterocycles. The van der Waals surface area contributed by atoms with Gasteiger partial charge in [0.25, 0.3) is 0 Å². The molecule has 0 radical (unpaired) electrons. The lowest BCUT2D eigenvalue weighted by Gasteiger charge is -2.11. The van der Waals surface area contributed by atoms with Gasteiger partial charge in [0.05, 0.1) is 0 Å². The molecule has 0 spiro atoms. The summed E-state index contributed by atoms with van der Waals surface area (Å²) in [7, 11) is 0. The summed E-state index contributed by atoms with van der Waals surface area (Å²) in [5.74, 6) is -1.09. The summed E-state index contributed by atoms with van der Waals surface area (Å²) in [6.07, 6.45) is 0.